The molecule has 0 saturated carbocycles. The van der Waals surface area contributed by atoms with Crippen molar-refractivity contribution in [3.05, 3.63) is 94.5 Å². The van der Waals surface area contributed by atoms with Gasteiger partial charge in [0.25, 0.3) is 0 Å². The van der Waals surface area contributed by atoms with Crippen LogP contribution in [-0.2, 0) is 23.8 Å². The molecule has 0 heterocycles. The fourth-order valence-electron chi connectivity index (χ4n) is 3.30. The lowest BCUT2D eigenvalue weighted by atomic mass is 9.95. The highest BCUT2D eigenvalue weighted by Gasteiger charge is 2.38. The summed E-state index contributed by atoms with van der Waals surface area (Å²) in [5.41, 5.74) is -1.42. The van der Waals surface area contributed by atoms with E-state index in [1.54, 1.807) is 63.2 Å². The molecule has 0 aliphatic rings. The number of para-hydroxylation sites is 1. The number of hydrogen-bond donors (Lipinski definition) is 0. The van der Waals surface area contributed by atoms with E-state index in [9.17, 15) is 22.2 Å². The van der Waals surface area contributed by atoms with Gasteiger partial charge in [-0.2, -0.15) is 31.1 Å². The Labute approximate surface area is 223 Å². The number of nitrogens with zero attached hydrogens (tertiary/aromatic N) is 1. The molecule has 3 aromatic rings. The number of carbonyl (C=O) groups is 1. The first-order chi connectivity index (χ1) is 16.9. The Morgan fingerprint density at radius 3 is 2.11 bits per heavy atom. The average Bonchev–Trinajstić information content (AvgIpc) is 2.80. The maximum Gasteiger partial charge on any atom is 0.417 e. The zero-order valence-corrected chi connectivity index (χ0v) is 22.6. The van der Waals surface area contributed by atoms with Crippen molar-refractivity contribution in [1.29, 1.82) is 0 Å². The van der Waals surface area contributed by atoms with Crippen LogP contribution in [0.15, 0.2) is 71.1 Å². The molecule has 198 valence electrons. The smallest absolute Gasteiger partial charge is 0.417 e. The van der Waals surface area contributed by atoms with E-state index in [4.69, 9.17) is 9.47 Å². The maximum absolute atomic E-state index is 14.2. The first-order valence-electron chi connectivity index (χ1n) is 11.0. The highest BCUT2D eigenvalue weighted by molar-refractivity contribution is 7.85. The van der Waals surface area contributed by atoms with E-state index in [1.165, 1.54) is 19.1 Å². The second kappa shape index (κ2) is 12.4. The fraction of sp³-hybridized carbons (Fsp3) is 0.259. The van der Waals surface area contributed by atoms with E-state index in [2.05, 4.69) is 4.40 Å². The molecule has 0 aliphatic carbocycles. The van der Waals surface area contributed by atoms with Gasteiger partial charge in [-0.25, -0.2) is 9.00 Å². The molecule has 0 unspecified atom stereocenters. The summed E-state index contributed by atoms with van der Waals surface area (Å²) in [5, 5.41) is 0. The highest BCUT2D eigenvalue weighted by atomic mass is 32.2. The lowest BCUT2D eigenvalue weighted by molar-refractivity contribution is -0.138. The number of alkyl halides is 3. The van der Waals surface area contributed by atoms with E-state index in [0.29, 0.717) is 0 Å². The molecule has 10 heteroatoms. The van der Waals surface area contributed by atoms with Crippen LogP contribution >= 0.6 is 13.5 Å². The van der Waals surface area contributed by atoms with E-state index in [0.717, 1.165) is 17.8 Å². The number of rotatable bonds is 7. The molecule has 0 fully saturated rings. The Bertz CT molecular complexity index is 1270. The molecule has 1 atom stereocenters. The van der Waals surface area contributed by atoms with Crippen LogP contribution in [0.1, 0.15) is 53.4 Å². The number of esters is 1. The highest BCUT2D eigenvalue weighted by Crippen LogP contribution is 2.39. The van der Waals surface area contributed by atoms with Gasteiger partial charge < -0.3 is 9.47 Å². The minimum atomic E-state index is -4.83. The Kier molecular flexibility index (Phi) is 10.1. The van der Waals surface area contributed by atoms with Crippen molar-refractivity contribution in [2.45, 2.75) is 45.2 Å². The number of ether oxygens (including phenoxy) is 2. The number of carbonyl (C=O) groups excluding carboxylic acids is 1. The average molecular weight is 552 g/mol. The molecule has 0 saturated heterocycles. The van der Waals surface area contributed by atoms with Crippen LogP contribution in [0.3, 0.4) is 0 Å². The summed E-state index contributed by atoms with van der Waals surface area (Å²) in [5.74, 6) is -0.919. The predicted octanol–water partition coefficient (Wildman–Crippen LogP) is 6.81. The van der Waals surface area contributed by atoms with Crippen molar-refractivity contribution >= 4 is 36.7 Å². The molecule has 37 heavy (non-hydrogen) atoms. The second-order valence-electron chi connectivity index (χ2n) is 8.91. The van der Waals surface area contributed by atoms with Crippen molar-refractivity contribution in [3.63, 3.8) is 0 Å². The van der Waals surface area contributed by atoms with Crippen LogP contribution in [0.2, 0.25) is 0 Å². The number of benzene rings is 3. The van der Waals surface area contributed by atoms with Crippen molar-refractivity contribution in [2.75, 3.05) is 0 Å². The Morgan fingerprint density at radius 1 is 1.00 bits per heavy atom. The van der Waals surface area contributed by atoms with Gasteiger partial charge in [-0.1, -0.05) is 48.5 Å². The molecular formula is C27H28F3NO4S2. The third kappa shape index (κ3) is 7.93. The summed E-state index contributed by atoms with van der Waals surface area (Å²) in [6, 6.07) is 18.1. The van der Waals surface area contributed by atoms with Gasteiger partial charge in [0.15, 0.2) is 0 Å². The predicted molar refractivity (Wildman–Crippen MR) is 144 cm³/mol. The zero-order valence-electron chi connectivity index (χ0n) is 20.8. The van der Waals surface area contributed by atoms with Crippen molar-refractivity contribution < 1.29 is 31.6 Å². The molecule has 3 aromatic carbocycles. The van der Waals surface area contributed by atoms with Gasteiger partial charge in [0.1, 0.15) is 34.7 Å². The second-order valence-corrected chi connectivity index (χ2v) is 10.8. The van der Waals surface area contributed by atoms with E-state index < -0.39 is 33.4 Å². The lowest BCUT2D eigenvalue weighted by Crippen LogP contribution is -2.21. The summed E-state index contributed by atoms with van der Waals surface area (Å²) in [6.07, 6.45) is -3.91. The monoisotopic (exact) mass is 551 g/mol. The van der Waals surface area contributed by atoms with Crippen molar-refractivity contribution in [1.82, 2.24) is 0 Å². The SMILES string of the molecule is Cc1c(C(=O)Oc2ccccc2)c(OCc2ccccc2)cc(C=N[S@@](=O)C(C)(C)C)c1C(F)(F)F.S. The molecule has 0 aliphatic heterocycles. The maximum atomic E-state index is 14.2. The van der Waals surface area contributed by atoms with Gasteiger partial charge in [-0.15, -0.1) is 0 Å². The zero-order chi connectivity index (χ0) is 26.5. The normalized spacial score (nSPS) is 12.6. The van der Waals surface area contributed by atoms with Crippen molar-refractivity contribution in [3.8, 4) is 11.5 Å². The van der Waals surface area contributed by atoms with Crippen LogP contribution in [0.25, 0.3) is 0 Å². The Hall–Kier alpha value is -3.11. The van der Waals surface area contributed by atoms with Gasteiger partial charge in [0.2, 0.25) is 0 Å². The van der Waals surface area contributed by atoms with Gasteiger partial charge >= 0.3 is 12.1 Å². The Balaban J connectivity index is 0.00000481. The molecule has 0 bridgehead atoms. The first-order valence-corrected chi connectivity index (χ1v) is 12.1. The molecular weight excluding hydrogens is 523 g/mol. The summed E-state index contributed by atoms with van der Waals surface area (Å²) in [6.45, 7) is 6.16. The minimum absolute atomic E-state index is 0. The lowest BCUT2D eigenvalue weighted by Gasteiger charge is -2.20. The molecule has 0 amide bonds. The molecule has 5 nitrogen and oxygen atoms in total. The molecule has 3 rings (SSSR count). The van der Waals surface area contributed by atoms with Gasteiger partial charge in [-0.05, 0) is 57.0 Å². The summed E-state index contributed by atoms with van der Waals surface area (Å²) < 4.78 is 69.2. The molecule has 0 radical (unpaired) electrons. The van der Waals surface area contributed by atoms with Gasteiger partial charge in [0.05, 0.1) is 10.3 Å². The minimum Gasteiger partial charge on any atom is -0.488 e. The van der Waals surface area contributed by atoms with E-state index in [1.807, 2.05) is 6.07 Å². The third-order valence-electron chi connectivity index (χ3n) is 5.06. The summed E-state index contributed by atoms with van der Waals surface area (Å²) in [7, 11) is -1.79. The summed E-state index contributed by atoms with van der Waals surface area (Å²) in [4.78, 5) is 13.1. The van der Waals surface area contributed by atoms with E-state index >= 15 is 0 Å². The van der Waals surface area contributed by atoms with Gasteiger partial charge in [-0.3, -0.25) is 0 Å². The first kappa shape index (κ1) is 30.1. The van der Waals surface area contributed by atoms with Crippen LogP contribution in [0, 0.1) is 6.92 Å². The largest absolute Gasteiger partial charge is 0.488 e. The van der Waals surface area contributed by atoms with Crippen LogP contribution in [-0.4, -0.2) is 21.1 Å². The quantitative estimate of drug-likeness (QED) is 0.184. The van der Waals surface area contributed by atoms with Crippen LogP contribution in [0.5, 0.6) is 11.5 Å². The van der Waals surface area contributed by atoms with Crippen LogP contribution < -0.4 is 9.47 Å². The molecule has 0 N–H and O–H groups in total. The van der Waals surface area contributed by atoms with Gasteiger partial charge in [0, 0.05) is 11.8 Å². The molecule has 0 spiro atoms. The summed E-state index contributed by atoms with van der Waals surface area (Å²) >= 11 is 0. The Morgan fingerprint density at radius 2 is 1.57 bits per heavy atom. The van der Waals surface area contributed by atoms with Crippen LogP contribution in [0.4, 0.5) is 13.2 Å². The molecule has 0 aromatic heterocycles. The number of halogens is 3. The number of hydrogen-bond acceptors (Lipinski definition) is 4. The van der Waals surface area contributed by atoms with E-state index in [-0.39, 0.29) is 48.3 Å². The topological polar surface area (TPSA) is 65.0 Å². The standard InChI is InChI=1S/C27H26F3NO4S.H2S/c1-18-23(25(32)35-21-13-9-6-10-14-21)22(34-17-19-11-7-5-8-12-19)15-20(24(18)27(28,29)30)16-31-36(33)26(2,3)4;/h5-16H,17H2,1-4H3;1H2/t36-;/m0./s1. The fourth-order valence-corrected chi connectivity index (χ4v) is 3.83. The third-order valence-corrected chi connectivity index (χ3v) is 6.41. The van der Waals surface area contributed by atoms with Crippen molar-refractivity contribution in [2.24, 2.45) is 4.40 Å².